The molecule has 0 aliphatic rings. The van der Waals surface area contributed by atoms with Gasteiger partial charge in [0.05, 0.1) is 6.10 Å². The molecular weight excluding hydrogens is 287 g/mol. The van der Waals surface area contributed by atoms with Crippen molar-refractivity contribution in [3.63, 3.8) is 0 Å². The Hall–Kier alpha value is -0.590. The topological polar surface area (TPSA) is 46.2 Å². The molecule has 2 nitrogen and oxygen atoms in total. The predicted octanol–water partition coefficient (Wildman–Crippen LogP) is 2.76. The van der Waals surface area contributed by atoms with E-state index in [1.807, 2.05) is 0 Å². The van der Waals surface area contributed by atoms with Crippen molar-refractivity contribution in [3.8, 4) is 0 Å². The summed E-state index contributed by atoms with van der Waals surface area (Å²) in [6.07, 6.45) is -6.23. The minimum Gasteiger partial charge on any atom is -0.388 e. The molecule has 16 heavy (non-hydrogen) atoms. The molecular formula is C10H11BrF3NO. The standard InChI is InChI=1S/C10H11BrF3NO/c11-7-3-1-2-6(4-7)8(16)5-9(15)10(12,13)14/h1-4,8-9,16H,5,15H2. The second-order valence-electron chi connectivity index (χ2n) is 3.45. The Bertz CT molecular complexity index is 356. The van der Waals surface area contributed by atoms with Crippen molar-refractivity contribution in [2.24, 2.45) is 5.73 Å². The van der Waals surface area contributed by atoms with Gasteiger partial charge in [0.15, 0.2) is 0 Å². The Balaban J connectivity index is 2.69. The number of aliphatic hydroxyl groups is 1. The number of hydrogen-bond donors (Lipinski definition) is 2. The fraction of sp³-hybridized carbons (Fsp3) is 0.400. The average Bonchev–Trinajstić information content (AvgIpc) is 2.16. The average molecular weight is 298 g/mol. The van der Waals surface area contributed by atoms with Gasteiger partial charge < -0.3 is 10.8 Å². The normalized spacial score (nSPS) is 15.9. The van der Waals surface area contributed by atoms with Crippen LogP contribution in [0.2, 0.25) is 0 Å². The molecule has 1 aromatic carbocycles. The third-order valence-electron chi connectivity index (χ3n) is 2.13. The maximum absolute atomic E-state index is 12.2. The van der Waals surface area contributed by atoms with Crippen LogP contribution in [-0.2, 0) is 0 Å². The highest BCUT2D eigenvalue weighted by Crippen LogP contribution is 2.27. The highest BCUT2D eigenvalue weighted by Gasteiger charge is 2.37. The first kappa shape index (κ1) is 13.5. The van der Waals surface area contributed by atoms with Gasteiger partial charge in [-0.25, -0.2) is 0 Å². The van der Waals surface area contributed by atoms with Crippen LogP contribution in [0.5, 0.6) is 0 Å². The summed E-state index contributed by atoms with van der Waals surface area (Å²) in [7, 11) is 0. The van der Waals surface area contributed by atoms with Crippen LogP contribution in [-0.4, -0.2) is 17.3 Å². The Labute approximate surface area is 99.4 Å². The minimum atomic E-state index is -4.48. The number of nitrogens with two attached hydrogens (primary N) is 1. The van der Waals surface area contributed by atoms with Gasteiger partial charge in [-0.1, -0.05) is 28.1 Å². The first-order chi connectivity index (χ1) is 7.30. The predicted molar refractivity (Wildman–Crippen MR) is 57.7 cm³/mol. The molecule has 3 N–H and O–H groups in total. The second kappa shape index (κ2) is 5.16. The molecule has 6 heteroatoms. The molecule has 0 aromatic heterocycles. The van der Waals surface area contributed by atoms with Gasteiger partial charge in [-0.2, -0.15) is 13.2 Å². The fourth-order valence-corrected chi connectivity index (χ4v) is 1.64. The quantitative estimate of drug-likeness (QED) is 0.901. The zero-order valence-corrected chi connectivity index (χ0v) is 9.79. The molecule has 0 aliphatic carbocycles. The lowest BCUT2D eigenvalue weighted by Crippen LogP contribution is -2.38. The summed E-state index contributed by atoms with van der Waals surface area (Å²) in [6, 6.07) is 4.47. The van der Waals surface area contributed by atoms with Crippen LogP contribution >= 0.6 is 15.9 Å². The van der Waals surface area contributed by atoms with Crippen LogP contribution in [0.15, 0.2) is 28.7 Å². The van der Waals surface area contributed by atoms with Crippen molar-refractivity contribution in [3.05, 3.63) is 34.3 Å². The molecule has 90 valence electrons. The molecule has 0 amide bonds. The molecule has 0 fully saturated rings. The molecule has 0 radical (unpaired) electrons. The first-order valence-electron chi connectivity index (χ1n) is 4.56. The van der Waals surface area contributed by atoms with Crippen molar-refractivity contribution in [1.82, 2.24) is 0 Å². The van der Waals surface area contributed by atoms with E-state index >= 15 is 0 Å². The molecule has 0 spiro atoms. The second-order valence-corrected chi connectivity index (χ2v) is 4.37. The van der Waals surface area contributed by atoms with Gasteiger partial charge in [0.2, 0.25) is 0 Å². The molecule has 0 saturated heterocycles. The van der Waals surface area contributed by atoms with E-state index in [1.165, 1.54) is 0 Å². The monoisotopic (exact) mass is 297 g/mol. The van der Waals surface area contributed by atoms with E-state index < -0.39 is 24.7 Å². The summed E-state index contributed by atoms with van der Waals surface area (Å²) in [5.41, 5.74) is 5.34. The highest BCUT2D eigenvalue weighted by molar-refractivity contribution is 9.10. The summed E-state index contributed by atoms with van der Waals surface area (Å²) in [4.78, 5) is 0. The zero-order valence-electron chi connectivity index (χ0n) is 8.21. The van der Waals surface area contributed by atoms with Gasteiger partial charge >= 0.3 is 6.18 Å². The largest absolute Gasteiger partial charge is 0.403 e. The summed E-state index contributed by atoms with van der Waals surface area (Å²) in [5.74, 6) is 0. The van der Waals surface area contributed by atoms with E-state index in [0.29, 0.717) is 10.0 Å². The molecule has 0 aliphatic heterocycles. The number of halogens is 4. The number of rotatable bonds is 3. The van der Waals surface area contributed by atoms with Gasteiger partial charge in [0, 0.05) is 10.9 Å². The van der Waals surface area contributed by atoms with Crippen molar-refractivity contribution >= 4 is 15.9 Å². The molecule has 0 bridgehead atoms. The Kier molecular flexibility index (Phi) is 4.35. The Morgan fingerprint density at radius 1 is 1.38 bits per heavy atom. The number of aliphatic hydroxyl groups excluding tert-OH is 1. The van der Waals surface area contributed by atoms with Gasteiger partial charge in [0.25, 0.3) is 0 Å². The lowest BCUT2D eigenvalue weighted by molar-refractivity contribution is -0.153. The third kappa shape index (κ3) is 3.77. The minimum absolute atomic E-state index is 0.411. The molecule has 1 rings (SSSR count). The molecule has 0 heterocycles. The van der Waals surface area contributed by atoms with E-state index in [-0.39, 0.29) is 0 Å². The third-order valence-corrected chi connectivity index (χ3v) is 2.62. The maximum Gasteiger partial charge on any atom is 0.403 e. The van der Waals surface area contributed by atoms with Crippen LogP contribution in [0.1, 0.15) is 18.1 Å². The van der Waals surface area contributed by atoms with Crippen molar-refractivity contribution in [1.29, 1.82) is 0 Å². The van der Waals surface area contributed by atoms with E-state index in [0.717, 1.165) is 0 Å². The lowest BCUT2D eigenvalue weighted by atomic mass is 10.0. The smallest absolute Gasteiger partial charge is 0.388 e. The maximum atomic E-state index is 12.2. The summed E-state index contributed by atoms with van der Waals surface area (Å²) in [6.45, 7) is 0. The van der Waals surface area contributed by atoms with Crippen LogP contribution < -0.4 is 5.73 Å². The van der Waals surface area contributed by atoms with Crippen molar-refractivity contribution in [2.75, 3.05) is 0 Å². The first-order valence-corrected chi connectivity index (χ1v) is 5.36. The van der Waals surface area contributed by atoms with Crippen molar-refractivity contribution in [2.45, 2.75) is 24.7 Å². The van der Waals surface area contributed by atoms with Crippen LogP contribution in [0.3, 0.4) is 0 Å². The van der Waals surface area contributed by atoms with E-state index in [9.17, 15) is 18.3 Å². The molecule has 2 unspecified atom stereocenters. The molecule has 0 saturated carbocycles. The van der Waals surface area contributed by atoms with Gasteiger partial charge in [-0.05, 0) is 17.7 Å². The van der Waals surface area contributed by atoms with Crippen LogP contribution in [0.4, 0.5) is 13.2 Å². The Morgan fingerprint density at radius 3 is 2.50 bits per heavy atom. The Morgan fingerprint density at radius 2 is 2.00 bits per heavy atom. The summed E-state index contributed by atoms with van der Waals surface area (Å²) >= 11 is 3.17. The summed E-state index contributed by atoms with van der Waals surface area (Å²) < 4.78 is 37.2. The molecule has 1 aromatic rings. The SMILES string of the molecule is NC(CC(O)c1cccc(Br)c1)C(F)(F)F. The number of hydrogen-bond acceptors (Lipinski definition) is 2. The van der Waals surface area contributed by atoms with Crippen LogP contribution in [0, 0.1) is 0 Å². The van der Waals surface area contributed by atoms with Crippen LogP contribution in [0.25, 0.3) is 0 Å². The van der Waals surface area contributed by atoms with E-state index in [1.54, 1.807) is 24.3 Å². The number of benzene rings is 1. The van der Waals surface area contributed by atoms with Gasteiger partial charge in [-0.3, -0.25) is 0 Å². The van der Waals surface area contributed by atoms with E-state index in [2.05, 4.69) is 15.9 Å². The summed E-state index contributed by atoms with van der Waals surface area (Å²) in [5, 5.41) is 9.58. The highest BCUT2D eigenvalue weighted by atomic mass is 79.9. The fourth-order valence-electron chi connectivity index (χ4n) is 1.22. The van der Waals surface area contributed by atoms with E-state index in [4.69, 9.17) is 5.73 Å². The van der Waals surface area contributed by atoms with Gasteiger partial charge in [0.1, 0.15) is 6.04 Å². The van der Waals surface area contributed by atoms with Gasteiger partial charge in [-0.15, -0.1) is 0 Å². The number of alkyl halides is 3. The molecule has 2 atom stereocenters. The lowest BCUT2D eigenvalue weighted by Gasteiger charge is -2.19. The zero-order chi connectivity index (χ0) is 12.3. The van der Waals surface area contributed by atoms with Crippen molar-refractivity contribution < 1.29 is 18.3 Å².